The molecule has 0 saturated carbocycles. The van der Waals surface area contributed by atoms with Crippen molar-refractivity contribution in [2.24, 2.45) is 0 Å². The van der Waals surface area contributed by atoms with Gasteiger partial charge in [0.25, 0.3) is 0 Å². The summed E-state index contributed by atoms with van der Waals surface area (Å²) in [5.74, 6) is -8.35. The molecule has 2 atom stereocenters. The summed E-state index contributed by atoms with van der Waals surface area (Å²) in [6.07, 6.45) is -2.75. The van der Waals surface area contributed by atoms with Crippen LogP contribution in [0.25, 0.3) is 0 Å². The number of hydrogen-bond donors (Lipinski definition) is 0. The van der Waals surface area contributed by atoms with Gasteiger partial charge in [-0.3, -0.25) is 33.6 Å². The number of hydrogen-bond acceptors (Lipinski definition) is 17. The largest absolute Gasteiger partial charge is 0.481 e. The van der Waals surface area contributed by atoms with E-state index in [0.29, 0.717) is 0 Å². The van der Waals surface area contributed by atoms with Crippen molar-refractivity contribution in [1.29, 1.82) is 0 Å². The van der Waals surface area contributed by atoms with Gasteiger partial charge < -0.3 is 42.6 Å². The zero-order valence-electron chi connectivity index (χ0n) is 29.3. The van der Waals surface area contributed by atoms with Gasteiger partial charge in [-0.25, -0.2) is 4.79 Å². The van der Waals surface area contributed by atoms with Crippen molar-refractivity contribution in [1.82, 2.24) is 0 Å². The Morgan fingerprint density at radius 2 is 1.02 bits per heavy atom. The maximum atomic E-state index is 13.9. The van der Waals surface area contributed by atoms with E-state index >= 15 is 0 Å². The summed E-state index contributed by atoms with van der Waals surface area (Å²) in [6, 6.07) is 8.71. The number of ether oxygens (including phenoxy) is 9. The molecular formula is C36H32O17. The molecule has 4 rings (SSSR count). The van der Waals surface area contributed by atoms with Crippen LogP contribution in [-0.4, -0.2) is 53.9 Å². The zero-order valence-corrected chi connectivity index (χ0v) is 29.3. The van der Waals surface area contributed by atoms with E-state index < -0.39 is 77.2 Å². The predicted molar refractivity (Wildman–Crippen MR) is 175 cm³/mol. The van der Waals surface area contributed by atoms with Gasteiger partial charge in [0.15, 0.2) is 29.1 Å². The summed E-state index contributed by atoms with van der Waals surface area (Å²) in [5.41, 5.74) is 0.0985. The van der Waals surface area contributed by atoms with Gasteiger partial charge in [0.1, 0.15) is 23.4 Å². The van der Waals surface area contributed by atoms with Crippen molar-refractivity contribution in [3.63, 3.8) is 0 Å². The lowest BCUT2D eigenvalue weighted by molar-refractivity contribution is -0.135. The summed E-state index contributed by atoms with van der Waals surface area (Å²) in [4.78, 5) is 97.2. The van der Waals surface area contributed by atoms with Gasteiger partial charge in [-0.15, -0.1) is 0 Å². The highest BCUT2D eigenvalue weighted by molar-refractivity contribution is 5.92. The van der Waals surface area contributed by atoms with Crippen LogP contribution in [0.3, 0.4) is 0 Å². The Labute approximate surface area is 300 Å². The fraction of sp³-hybridized carbons (Fsp3) is 0.278. The molecule has 0 aliphatic carbocycles. The Morgan fingerprint density at radius 3 is 1.55 bits per heavy atom. The smallest absolute Gasteiger partial charge is 0.338 e. The first-order valence-electron chi connectivity index (χ1n) is 15.6. The third-order valence-corrected chi connectivity index (χ3v) is 6.73. The molecule has 278 valence electrons. The summed E-state index contributed by atoms with van der Waals surface area (Å²) in [7, 11) is 0. The average molecular weight is 737 g/mol. The van der Waals surface area contributed by atoms with Crippen LogP contribution in [0, 0.1) is 0 Å². The molecule has 0 aromatic heterocycles. The van der Waals surface area contributed by atoms with Crippen molar-refractivity contribution in [3.05, 3.63) is 59.2 Å². The molecule has 0 amide bonds. The molecule has 17 nitrogen and oxygen atoms in total. The second kappa shape index (κ2) is 16.5. The minimum absolute atomic E-state index is 0.0450. The van der Waals surface area contributed by atoms with E-state index in [1.54, 1.807) is 0 Å². The molecule has 0 fully saturated rings. The predicted octanol–water partition coefficient (Wildman–Crippen LogP) is 4.07. The molecule has 0 saturated heterocycles. The molecule has 53 heavy (non-hydrogen) atoms. The van der Waals surface area contributed by atoms with Crippen LogP contribution in [0.1, 0.15) is 76.1 Å². The monoisotopic (exact) mass is 736 g/mol. The van der Waals surface area contributed by atoms with Gasteiger partial charge in [-0.2, -0.15) is 0 Å². The highest BCUT2D eigenvalue weighted by Crippen LogP contribution is 2.46. The highest BCUT2D eigenvalue weighted by atomic mass is 16.6. The maximum Gasteiger partial charge on any atom is 0.338 e. The van der Waals surface area contributed by atoms with Crippen molar-refractivity contribution < 1.29 is 81.0 Å². The first kappa shape index (κ1) is 39.0. The van der Waals surface area contributed by atoms with Gasteiger partial charge in [0, 0.05) is 78.1 Å². The Kier molecular flexibility index (Phi) is 12.1. The van der Waals surface area contributed by atoms with Crippen molar-refractivity contribution >= 4 is 47.8 Å². The summed E-state index contributed by atoms with van der Waals surface area (Å²) in [6.45, 7) is 7.68. The second-order valence-corrected chi connectivity index (χ2v) is 11.2. The van der Waals surface area contributed by atoms with Gasteiger partial charge in [-0.05, 0) is 24.3 Å². The molecule has 1 aliphatic rings. The Hall–Kier alpha value is -6.78. The van der Waals surface area contributed by atoms with E-state index in [-0.39, 0.29) is 51.9 Å². The molecule has 17 heteroatoms. The lowest BCUT2D eigenvalue weighted by Crippen LogP contribution is -2.35. The van der Waals surface area contributed by atoms with Gasteiger partial charge in [0.2, 0.25) is 5.75 Å². The third kappa shape index (κ3) is 10.4. The number of rotatable bonds is 10. The van der Waals surface area contributed by atoms with Crippen LogP contribution < -0.4 is 37.9 Å². The Bertz CT molecular complexity index is 1990. The first-order chi connectivity index (χ1) is 24.9. The van der Waals surface area contributed by atoms with Gasteiger partial charge in [-0.1, -0.05) is 6.07 Å². The Balaban J connectivity index is 1.88. The highest BCUT2D eigenvalue weighted by Gasteiger charge is 2.38. The fourth-order valence-corrected chi connectivity index (χ4v) is 5.06. The molecule has 1 aliphatic heterocycles. The molecule has 0 spiro atoms. The molecule has 0 N–H and O–H groups in total. The second-order valence-electron chi connectivity index (χ2n) is 11.2. The summed E-state index contributed by atoms with van der Waals surface area (Å²) in [5, 5.41) is 0. The average Bonchev–Trinajstić information content (AvgIpc) is 3.01. The van der Waals surface area contributed by atoms with Crippen LogP contribution in [0.4, 0.5) is 0 Å². The van der Waals surface area contributed by atoms with Gasteiger partial charge in [0.05, 0.1) is 5.56 Å². The van der Waals surface area contributed by atoms with Crippen LogP contribution in [-0.2, 0) is 44.7 Å². The van der Waals surface area contributed by atoms with Crippen molar-refractivity contribution in [2.75, 3.05) is 0 Å². The third-order valence-electron chi connectivity index (χ3n) is 6.73. The Morgan fingerprint density at radius 1 is 0.528 bits per heavy atom. The molecule has 0 unspecified atom stereocenters. The number of esters is 8. The lowest BCUT2D eigenvalue weighted by Gasteiger charge is -2.34. The normalized spacial score (nSPS) is 14.2. The number of carbonyl (C=O) groups excluding carboxylic acids is 8. The van der Waals surface area contributed by atoms with E-state index in [1.807, 2.05) is 0 Å². The maximum absolute atomic E-state index is 13.9. The topological polar surface area (TPSA) is 220 Å². The lowest BCUT2D eigenvalue weighted by atomic mass is 9.93. The summed E-state index contributed by atoms with van der Waals surface area (Å²) >= 11 is 0. The fourth-order valence-electron chi connectivity index (χ4n) is 5.06. The minimum atomic E-state index is -1.30. The molecule has 1 heterocycles. The van der Waals surface area contributed by atoms with Gasteiger partial charge >= 0.3 is 47.8 Å². The summed E-state index contributed by atoms with van der Waals surface area (Å²) < 4.78 is 48.7. The van der Waals surface area contributed by atoms with E-state index in [4.69, 9.17) is 42.6 Å². The van der Waals surface area contributed by atoms with Crippen molar-refractivity contribution in [3.8, 4) is 46.0 Å². The first-order valence-corrected chi connectivity index (χ1v) is 15.6. The van der Waals surface area contributed by atoms with Crippen LogP contribution >= 0.6 is 0 Å². The number of benzene rings is 3. The molecular weight excluding hydrogens is 704 g/mol. The number of carbonyl (C=O) groups is 8. The standard InChI is InChI=1S/C36H32O17/c1-16(37)45-25-13-28(47-18(3)39)26-15-33(34(52-29(26)14-25)23-8-9-27(46-17(2)38)30(10-23)48-19(4)40)53-36(44)24-11-31(49-20(5)41)35(51-22(7)43)32(12-24)50-21(6)42/h8-14,33-34H,15H2,1-7H3/t33-,34+/m1/s1. The van der Waals surface area contributed by atoms with Crippen LogP contribution in [0.5, 0.6) is 46.0 Å². The minimum Gasteiger partial charge on any atom is -0.481 e. The molecule has 3 aromatic rings. The molecule has 3 aromatic carbocycles. The van der Waals surface area contributed by atoms with E-state index in [0.717, 1.165) is 60.6 Å². The van der Waals surface area contributed by atoms with E-state index in [9.17, 15) is 38.4 Å². The van der Waals surface area contributed by atoms with Crippen LogP contribution in [0.2, 0.25) is 0 Å². The van der Waals surface area contributed by atoms with Crippen molar-refractivity contribution in [2.45, 2.75) is 67.1 Å². The van der Waals surface area contributed by atoms with E-state index in [1.165, 1.54) is 30.3 Å². The van der Waals surface area contributed by atoms with E-state index in [2.05, 4.69) is 0 Å². The molecule has 0 radical (unpaired) electrons. The van der Waals surface area contributed by atoms with Crippen LogP contribution in [0.15, 0.2) is 42.5 Å². The molecule has 0 bridgehead atoms. The number of fused-ring (bicyclic) bond motifs is 1. The SMILES string of the molecule is CC(=O)Oc1cc(OC(C)=O)c2c(c1)O[C@@H](c1ccc(OC(C)=O)c(OC(C)=O)c1)[C@H](OC(=O)c1cc(OC(C)=O)c(OC(C)=O)c(OC(C)=O)c1)C2. The zero-order chi connectivity index (χ0) is 39.1. The quantitative estimate of drug-likeness (QED) is 0.211.